The minimum atomic E-state index is -0.434. The number of benzene rings is 2. The van der Waals surface area contributed by atoms with Crippen LogP contribution in [-0.4, -0.2) is 9.91 Å². The molecule has 0 saturated heterocycles. The Balaban J connectivity index is 1.79. The van der Waals surface area contributed by atoms with Gasteiger partial charge in [0.05, 0.1) is 16.2 Å². The second-order valence-electron chi connectivity index (χ2n) is 6.24. The van der Waals surface area contributed by atoms with Gasteiger partial charge >= 0.3 is 0 Å². The Labute approximate surface area is 167 Å². The zero-order valence-electron chi connectivity index (χ0n) is 15.4. The number of non-ortho nitro benzene ring substituents is 1. The van der Waals surface area contributed by atoms with Gasteiger partial charge < -0.3 is 0 Å². The Morgan fingerprint density at radius 2 is 1.93 bits per heavy atom. The summed E-state index contributed by atoms with van der Waals surface area (Å²) in [5.41, 5.74) is 5.65. The van der Waals surface area contributed by atoms with Crippen LogP contribution < -0.4 is 0 Å². The average Bonchev–Trinajstić information content (AvgIpc) is 3.17. The second-order valence-corrected chi connectivity index (χ2v) is 7.09. The molecule has 0 saturated carbocycles. The molecule has 3 rings (SSSR count). The topological polar surface area (TPSA) is 79.8 Å². The Morgan fingerprint density at radius 3 is 2.57 bits per heavy atom. The molecule has 3 aromatic rings. The summed E-state index contributed by atoms with van der Waals surface area (Å²) in [4.78, 5) is 14.9. The molecule has 0 amide bonds. The molecular formula is C22H17N3O2S. The number of rotatable bonds is 5. The van der Waals surface area contributed by atoms with Crippen LogP contribution in [0, 0.1) is 35.3 Å². The van der Waals surface area contributed by atoms with Gasteiger partial charge in [0.15, 0.2) is 0 Å². The van der Waals surface area contributed by atoms with E-state index in [4.69, 9.17) is 0 Å². The number of aryl methyl sites for hydroxylation is 2. The van der Waals surface area contributed by atoms with E-state index in [-0.39, 0.29) is 5.69 Å². The minimum absolute atomic E-state index is 0.0482. The van der Waals surface area contributed by atoms with E-state index in [1.165, 1.54) is 34.6 Å². The maximum atomic E-state index is 10.7. The highest BCUT2D eigenvalue weighted by atomic mass is 32.1. The lowest BCUT2D eigenvalue weighted by Crippen LogP contribution is -1.86. The maximum Gasteiger partial charge on any atom is 0.269 e. The Hall–Kier alpha value is -3.56. The monoisotopic (exact) mass is 387 g/mol. The molecule has 0 radical (unpaired) electrons. The van der Waals surface area contributed by atoms with Gasteiger partial charge in [0.2, 0.25) is 0 Å². The number of nitro groups is 1. The number of nitro benzene ring substituents is 1. The lowest BCUT2D eigenvalue weighted by Gasteiger charge is -2.02. The largest absolute Gasteiger partial charge is 0.269 e. The summed E-state index contributed by atoms with van der Waals surface area (Å²) >= 11 is 1.43. The molecular weight excluding hydrogens is 370 g/mol. The van der Waals surface area contributed by atoms with E-state index in [0.717, 1.165) is 16.8 Å². The molecule has 1 aromatic heterocycles. The van der Waals surface area contributed by atoms with Gasteiger partial charge in [-0.1, -0.05) is 24.3 Å². The third-order valence-electron chi connectivity index (χ3n) is 4.31. The van der Waals surface area contributed by atoms with Crippen LogP contribution in [0.5, 0.6) is 0 Å². The van der Waals surface area contributed by atoms with Gasteiger partial charge in [0, 0.05) is 23.1 Å². The van der Waals surface area contributed by atoms with Gasteiger partial charge in [-0.3, -0.25) is 10.1 Å². The van der Waals surface area contributed by atoms with E-state index in [0.29, 0.717) is 10.6 Å². The molecule has 0 aliphatic rings. The summed E-state index contributed by atoms with van der Waals surface area (Å²) in [6.45, 7) is 4.13. The van der Waals surface area contributed by atoms with Crippen molar-refractivity contribution in [2.24, 2.45) is 0 Å². The van der Waals surface area contributed by atoms with Gasteiger partial charge in [-0.15, -0.1) is 11.3 Å². The van der Waals surface area contributed by atoms with E-state index >= 15 is 0 Å². The first-order valence-corrected chi connectivity index (χ1v) is 9.42. The average molecular weight is 387 g/mol. The molecule has 1 heterocycles. The molecule has 0 spiro atoms. The molecule has 0 unspecified atom stereocenters. The molecule has 2 aromatic carbocycles. The fraction of sp³-hybridized carbons (Fsp3) is 0.0909. The molecule has 138 valence electrons. The lowest BCUT2D eigenvalue weighted by atomic mass is 10.1. The summed E-state index contributed by atoms with van der Waals surface area (Å²) in [6, 6.07) is 14.6. The fourth-order valence-corrected chi connectivity index (χ4v) is 3.35. The van der Waals surface area contributed by atoms with E-state index < -0.39 is 4.92 Å². The molecule has 5 nitrogen and oxygen atoms in total. The van der Waals surface area contributed by atoms with Crippen LogP contribution in [0.15, 0.2) is 60.0 Å². The van der Waals surface area contributed by atoms with Crippen molar-refractivity contribution in [2.45, 2.75) is 13.8 Å². The van der Waals surface area contributed by atoms with Gasteiger partial charge in [-0.05, 0) is 54.8 Å². The fourth-order valence-electron chi connectivity index (χ4n) is 2.55. The van der Waals surface area contributed by atoms with Gasteiger partial charge in [0.25, 0.3) is 5.69 Å². The summed E-state index contributed by atoms with van der Waals surface area (Å²) in [6.07, 6.45) is 5.24. The van der Waals surface area contributed by atoms with E-state index in [1.54, 1.807) is 30.4 Å². The van der Waals surface area contributed by atoms with Crippen molar-refractivity contribution in [1.82, 2.24) is 4.98 Å². The third kappa shape index (κ3) is 4.40. The molecule has 0 aliphatic carbocycles. The lowest BCUT2D eigenvalue weighted by molar-refractivity contribution is -0.384. The predicted molar refractivity (Wildman–Crippen MR) is 113 cm³/mol. The SMILES string of the molecule is Cc1ccc(-c2csc(/C(C#N)=C/C=C/c3ccc([N+](=O)[O-])cc3)n2)cc1C. The smallest absolute Gasteiger partial charge is 0.258 e. The Morgan fingerprint density at radius 1 is 1.18 bits per heavy atom. The van der Waals surface area contributed by atoms with Gasteiger partial charge in [-0.2, -0.15) is 5.26 Å². The van der Waals surface area contributed by atoms with Crippen molar-refractivity contribution in [3.63, 3.8) is 0 Å². The van der Waals surface area contributed by atoms with Crippen molar-refractivity contribution >= 4 is 28.7 Å². The molecule has 0 aliphatic heterocycles. The number of allylic oxidation sites excluding steroid dienone is 3. The standard InChI is InChI=1S/C22H17N3O2S/c1-15-6-9-18(12-16(15)2)21-14-28-22(24-21)19(13-23)5-3-4-17-7-10-20(11-8-17)25(26)27/h3-12,14H,1-2H3/b4-3+,19-5+. The Bertz CT molecular complexity index is 1120. The van der Waals surface area contributed by atoms with Crippen LogP contribution in [0.2, 0.25) is 0 Å². The van der Waals surface area contributed by atoms with Crippen LogP contribution >= 0.6 is 11.3 Å². The van der Waals surface area contributed by atoms with E-state index in [2.05, 4.69) is 37.0 Å². The molecule has 0 bridgehead atoms. The minimum Gasteiger partial charge on any atom is -0.258 e. The quantitative estimate of drug-likeness (QED) is 0.234. The highest BCUT2D eigenvalue weighted by molar-refractivity contribution is 7.11. The van der Waals surface area contributed by atoms with Crippen LogP contribution in [-0.2, 0) is 0 Å². The summed E-state index contributed by atoms with van der Waals surface area (Å²) in [7, 11) is 0. The third-order valence-corrected chi connectivity index (χ3v) is 5.19. The van der Waals surface area contributed by atoms with Crippen molar-refractivity contribution in [3.8, 4) is 17.3 Å². The highest BCUT2D eigenvalue weighted by Crippen LogP contribution is 2.27. The summed E-state index contributed by atoms with van der Waals surface area (Å²) in [5.74, 6) is 0. The maximum absolute atomic E-state index is 10.7. The summed E-state index contributed by atoms with van der Waals surface area (Å²) in [5, 5.41) is 22.8. The van der Waals surface area contributed by atoms with Gasteiger partial charge in [-0.25, -0.2) is 4.98 Å². The zero-order chi connectivity index (χ0) is 20.1. The molecule has 0 fully saturated rings. The Kier molecular flexibility index (Phi) is 5.78. The van der Waals surface area contributed by atoms with Crippen LogP contribution in [0.4, 0.5) is 5.69 Å². The first-order valence-electron chi connectivity index (χ1n) is 8.54. The first-order chi connectivity index (χ1) is 13.5. The second kappa shape index (κ2) is 8.42. The van der Waals surface area contributed by atoms with Crippen LogP contribution in [0.25, 0.3) is 22.9 Å². The molecule has 28 heavy (non-hydrogen) atoms. The van der Waals surface area contributed by atoms with Crippen molar-refractivity contribution in [1.29, 1.82) is 5.26 Å². The number of nitrogens with zero attached hydrogens (tertiary/aromatic N) is 3. The van der Waals surface area contributed by atoms with Crippen molar-refractivity contribution in [3.05, 3.63) is 91.8 Å². The molecule has 0 N–H and O–H groups in total. The highest BCUT2D eigenvalue weighted by Gasteiger charge is 2.09. The summed E-state index contributed by atoms with van der Waals surface area (Å²) < 4.78 is 0. The molecule has 0 atom stereocenters. The van der Waals surface area contributed by atoms with Crippen molar-refractivity contribution < 1.29 is 4.92 Å². The normalized spacial score (nSPS) is 11.5. The van der Waals surface area contributed by atoms with Gasteiger partial charge in [0.1, 0.15) is 11.1 Å². The number of nitriles is 1. The van der Waals surface area contributed by atoms with E-state index in [1.807, 2.05) is 11.4 Å². The predicted octanol–water partition coefficient (Wildman–Crippen LogP) is 5.96. The zero-order valence-corrected chi connectivity index (χ0v) is 16.2. The van der Waals surface area contributed by atoms with Crippen molar-refractivity contribution in [2.75, 3.05) is 0 Å². The number of hydrogen-bond acceptors (Lipinski definition) is 5. The van der Waals surface area contributed by atoms with E-state index in [9.17, 15) is 15.4 Å². The van der Waals surface area contributed by atoms with Crippen LogP contribution in [0.1, 0.15) is 21.7 Å². The number of thiazole rings is 1. The first kappa shape index (κ1) is 19.2. The number of hydrogen-bond donors (Lipinski definition) is 0. The van der Waals surface area contributed by atoms with Crippen LogP contribution in [0.3, 0.4) is 0 Å². The molecule has 6 heteroatoms. The number of aromatic nitrogens is 1.